The molecule has 1 aliphatic rings. The number of amides is 2. The van der Waals surface area contributed by atoms with E-state index in [1.165, 1.54) is 5.54 Å². The largest absolute Gasteiger partial charge is 0.340 e. The van der Waals surface area contributed by atoms with Crippen LogP contribution < -0.4 is 5.32 Å². The summed E-state index contributed by atoms with van der Waals surface area (Å²) in [4.78, 5) is 26.0. The number of nitrogens with one attached hydrogen (secondary N) is 1. The molecule has 1 aliphatic heterocycles. The van der Waals surface area contributed by atoms with E-state index in [1.807, 2.05) is 6.92 Å². The molecular weight excluding hydrogens is 240 g/mol. The molecule has 17 heavy (non-hydrogen) atoms. The molecule has 0 aromatic heterocycles. The van der Waals surface area contributed by atoms with E-state index in [0.717, 1.165) is 0 Å². The molecule has 4 nitrogen and oxygen atoms in total. The minimum Gasteiger partial charge on any atom is -0.340 e. The van der Waals surface area contributed by atoms with Gasteiger partial charge in [-0.1, -0.05) is 24.6 Å². The maximum atomic E-state index is 12.3. The van der Waals surface area contributed by atoms with E-state index in [2.05, 4.69) is 5.32 Å². The number of piperazine rings is 1. The Morgan fingerprint density at radius 1 is 1.35 bits per heavy atom. The summed E-state index contributed by atoms with van der Waals surface area (Å²) >= 11 is 5.49. The molecule has 0 bridgehead atoms. The van der Waals surface area contributed by atoms with Crippen LogP contribution >= 0.6 is 11.6 Å². The Labute approximate surface area is 107 Å². The van der Waals surface area contributed by atoms with Gasteiger partial charge >= 0.3 is 0 Å². The first-order chi connectivity index (χ1) is 7.79. The number of carbonyl (C=O) groups is 2. The Hall–Kier alpha value is -1.03. The van der Waals surface area contributed by atoms with Gasteiger partial charge < -0.3 is 10.2 Å². The predicted octanol–water partition coefficient (Wildman–Crippen LogP) is 1.64. The highest BCUT2D eigenvalue weighted by Crippen LogP contribution is 2.28. The molecule has 2 amide bonds. The molecule has 1 rings (SSSR count). The van der Waals surface area contributed by atoms with Crippen molar-refractivity contribution in [3.8, 4) is 0 Å². The third kappa shape index (κ3) is 2.32. The fourth-order valence-corrected chi connectivity index (χ4v) is 2.02. The molecule has 0 aromatic rings. The maximum Gasteiger partial charge on any atom is 0.248 e. The highest BCUT2D eigenvalue weighted by atomic mass is 35.5. The third-order valence-electron chi connectivity index (χ3n) is 3.36. The minimum atomic E-state index is -0.855. The molecule has 1 heterocycles. The topological polar surface area (TPSA) is 49.4 Å². The second-order valence-electron chi connectivity index (χ2n) is 4.98. The standard InChI is InChI=1S/C12H19ClN2O2/c1-5-12(4)9(16)14-11(2,3)10(17)15(12)8-6-7-13/h6-7H,5,8H2,1-4H3,(H,14,16)/b7-6+. The van der Waals surface area contributed by atoms with Gasteiger partial charge in [0, 0.05) is 12.1 Å². The van der Waals surface area contributed by atoms with Crippen molar-refractivity contribution < 1.29 is 9.59 Å². The zero-order valence-electron chi connectivity index (χ0n) is 10.7. The zero-order chi connectivity index (χ0) is 13.3. The lowest BCUT2D eigenvalue weighted by Crippen LogP contribution is -2.73. The van der Waals surface area contributed by atoms with Crippen molar-refractivity contribution in [3.63, 3.8) is 0 Å². The average Bonchev–Trinajstić information content (AvgIpc) is 2.26. The SMILES string of the molecule is CCC1(C)C(=O)NC(C)(C)C(=O)N1C/C=C/Cl. The molecule has 1 fully saturated rings. The first kappa shape index (κ1) is 14.0. The molecule has 96 valence electrons. The Kier molecular flexibility index (Phi) is 3.87. The van der Waals surface area contributed by atoms with Gasteiger partial charge in [-0.05, 0) is 27.2 Å². The van der Waals surface area contributed by atoms with Gasteiger partial charge in [0.25, 0.3) is 0 Å². The van der Waals surface area contributed by atoms with Gasteiger partial charge in [-0.25, -0.2) is 0 Å². The van der Waals surface area contributed by atoms with E-state index in [4.69, 9.17) is 11.6 Å². The normalized spacial score (nSPS) is 28.6. The van der Waals surface area contributed by atoms with Crippen LogP contribution in [0.15, 0.2) is 11.6 Å². The van der Waals surface area contributed by atoms with Crippen molar-refractivity contribution in [1.82, 2.24) is 10.2 Å². The highest BCUT2D eigenvalue weighted by Gasteiger charge is 2.51. The lowest BCUT2D eigenvalue weighted by atomic mass is 9.86. The van der Waals surface area contributed by atoms with E-state index in [-0.39, 0.29) is 11.8 Å². The van der Waals surface area contributed by atoms with Crippen LogP contribution in [-0.2, 0) is 9.59 Å². The molecule has 0 aromatic carbocycles. The molecule has 0 saturated carbocycles. The summed E-state index contributed by atoms with van der Waals surface area (Å²) in [5.74, 6) is -0.205. The number of rotatable bonds is 3. The van der Waals surface area contributed by atoms with Crippen LogP contribution in [0.5, 0.6) is 0 Å². The van der Waals surface area contributed by atoms with E-state index < -0.39 is 11.1 Å². The van der Waals surface area contributed by atoms with E-state index in [1.54, 1.807) is 31.7 Å². The molecule has 0 radical (unpaired) electrons. The molecule has 1 saturated heterocycles. The van der Waals surface area contributed by atoms with Gasteiger partial charge in [0.1, 0.15) is 11.1 Å². The first-order valence-corrected chi connectivity index (χ1v) is 6.13. The minimum absolute atomic E-state index is 0.0868. The number of hydrogen-bond acceptors (Lipinski definition) is 2. The van der Waals surface area contributed by atoms with Gasteiger partial charge in [0.15, 0.2) is 0 Å². The Bertz CT molecular complexity index is 366. The Morgan fingerprint density at radius 2 is 1.94 bits per heavy atom. The van der Waals surface area contributed by atoms with Crippen molar-refractivity contribution in [1.29, 1.82) is 0 Å². The molecule has 0 aliphatic carbocycles. The van der Waals surface area contributed by atoms with Gasteiger partial charge in [-0.2, -0.15) is 0 Å². The van der Waals surface area contributed by atoms with Crippen LogP contribution in [0.3, 0.4) is 0 Å². The van der Waals surface area contributed by atoms with Crippen molar-refractivity contribution >= 4 is 23.4 Å². The zero-order valence-corrected chi connectivity index (χ0v) is 11.5. The summed E-state index contributed by atoms with van der Waals surface area (Å²) in [6, 6.07) is 0. The van der Waals surface area contributed by atoms with Crippen LogP contribution in [0, 0.1) is 0 Å². The van der Waals surface area contributed by atoms with Crippen molar-refractivity contribution in [2.75, 3.05) is 6.54 Å². The predicted molar refractivity (Wildman–Crippen MR) is 67.6 cm³/mol. The fourth-order valence-electron chi connectivity index (χ4n) is 1.94. The van der Waals surface area contributed by atoms with E-state index in [9.17, 15) is 9.59 Å². The molecule has 1 N–H and O–H groups in total. The van der Waals surface area contributed by atoms with Crippen LogP contribution in [-0.4, -0.2) is 34.3 Å². The van der Waals surface area contributed by atoms with Crippen molar-refractivity contribution in [3.05, 3.63) is 11.6 Å². The quantitative estimate of drug-likeness (QED) is 0.837. The van der Waals surface area contributed by atoms with Crippen molar-refractivity contribution in [2.45, 2.75) is 45.2 Å². The molecule has 1 atom stereocenters. The van der Waals surface area contributed by atoms with Gasteiger partial charge in [0.2, 0.25) is 11.8 Å². The van der Waals surface area contributed by atoms with Crippen molar-refractivity contribution in [2.24, 2.45) is 0 Å². The van der Waals surface area contributed by atoms with Crippen LogP contribution in [0.1, 0.15) is 34.1 Å². The molecule has 1 unspecified atom stereocenters. The number of hydrogen-bond donors (Lipinski definition) is 1. The molecular formula is C12H19ClN2O2. The lowest BCUT2D eigenvalue weighted by Gasteiger charge is -2.48. The summed E-state index contributed by atoms with van der Waals surface area (Å²) in [6.45, 7) is 7.43. The van der Waals surface area contributed by atoms with E-state index >= 15 is 0 Å². The monoisotopic (exact) mass is 258 g/mol. The number of nitrogens with zero attached hydrogens (tertiary/aromatic N) is 1. The van der Waals surface area contributed by atoms with Gasteiger partial charge in [-0.3, -0.25) is 9.59 Å². The van der Waals surface area contributed by atoms with E-state index in [0.29, 0.717) is 13.0 Å². The lowest BCUT2D eigenvalue weighted by molar-refractivity contribution is -0.160. The summed E-state index contributed by atoms with van der Waals surface area (Å²) in [5, 5.41) is 2.77. The number of carbonyl (C=O) groups excluding carboxylic acids is 2. The van der Waals surface area contributed by atoms with Crippen LogP contribution in [0.4, 0.5) is 0 Å². The molecule has 0 spiro atoms. The summed E-state index contributed by atoms with van der Waals surface area (Å²) < 4.78 is 0. The summed E-state index contributed by atoms with van der Waals surface area (Å²) in [6.07, 6.45) is 2.23. The second kappa shape index (κ2) is 4.69. The third-order valence-corrected chi connectivity index (χ3v) is 3.53. The van der Waals surface area contributed by atoms with Crippen LogP contribution in [0.2, 0.25) is 0 Å². The first-order valence-electron chi connectivity index (χ1n) is 5.69. The highest BCUT2D eigenvalue weighted by molar-refractivity contribution is 6.25. The van der Waals surface area contributed by atoms with Crippen LogP contribution in [0.25, 0.3) is 0 Å². The summed E-state index contributed by atoms with van der Waals surface area (Å²) in [7, 11) is 0. The Balaban J connectivity index is 3.13. The fraction of sp³-hybridized carbons (Fsp3) is 0.667. The number of halogens is 1. The maximum absolute atomic E-state index is 12.3. The summed E-state index contributed by atoms with van der Waals surface area (Å²) in [5.41, 5.74) is -0.294. The van der Waals surface area contributed by atoms with Gasteiger partial charge in [-0.15, -0.1) is 0 Å². The Morgan fingerprint density at radius 3 is 2.41 bits per heavy atom. The second-order valence-corrected chi connectivity index (χ2v) is 5.24. The van der Waals surface area contributed by atoms with Gasteiger partial charge in [0.05, 0.1) is 0 Å². The smallest absolute Gasteiger partial charge is 0.248 e. The average molecular weight is 259 g/mol. The molecule has 5 heteroatoms.